The predicted molar refractivity (Wildman–Crippen MR) is 64.4 cm³/mol. The molecule has 0 bridgehead atoms. The summed E-state index contributed by atoms with van der Waals surface area (Å²) in [5, 5.41) is 0. The number of nitrogens with one attached hydrogen (secondary N) is 1. The number of H-pyrrole nitrogens is 1. The lowest BCUT2D eigenvalue weighted by molar-refractivity contribution is 0.520. The van der Waals surface area contributed by atoms with Crippen LogP contribution in [0.15, 0.2) is 18.5 Å². The smallest absolute Gasteiger partial charge is 0.178 e. The van der Waals surface area contributed by atoms with Crippen LogP contribution in [0.25, 0.3) is 11.0 Å². The van der Waals surface area contributed by atoms with Gasteiger partial charge in [-0.1, -0.05) is 13.8 Å². The molecule has 0 aliphatic carbocycles. The Morgan fingerprint density at radius 3 is 3.07 bits per heavy atom. The van der Waals surface area contributed by atoms with Crippen LogP contribution >= 0.6 is 12.2 Å². The summed E-state index contributed by atoms with van der Waals surface area (Å²) in [5.41, 5.74) is 2.17. The number of pyridine rings is 1. The summed E-state index contributed by atoms with van der Waals surface area (Å²) in [7, 11) is 0. The Hall–Kier alpha value is -1.16. The van der Waals surface area contributed by atoms with Crippen LogP contribution in [-0.4, -0.2) is 14.5 Å². The molecule has 0 saturated heterocycles. The van der Waals surface area contributed by atoms with Crippen LogP contribution < -0.4 is 0 Å². The summed E-state index contributed by atoms with van der Waals surface area (Å²) in [6, 6.07) is 2.00. The molecule has 0 spiro atoms. The Labute approximate surface area is 94.2 Å². The summed E-state index contributed by atoms with van der Waals surface area (Å²) in [5.74, 6) is 0.693. The highest BCUT2D eigenvalue weighted by Crippen LogP contribution is 2.14. The normalized spacial score (nSPS) is 11.4. The van der Waals surface area contributed by atoms with Crippen molar-refractivity contribution in [1.29, 1.82) is 0 Å². The molecular weight excluding hydrogens is 206 g/mol. The number of fused-ring (bicyclic) bond motifs is 1. The van der Waals surface area contributed by atoms with Gasteiger partial charge >= 0.3 is 0 Å². The SMILES string of the molecule is CC(C)CCn1c(=S)[nH]c2cnccc21. The van der Waals surface area contributed by atoms with Gasteiger partial charge in [-0.05, 0) is 30.6 Å². The van der Waals surface area contributed by atoms with Crippen LogP contribution in [0.4, 0.5) is 0 Å². The van der Waals surface area contributed by atoms with Gasteiger partial charge in [-0.3, -0.25) is 4.98 Å². The molecule has 0 aliphatic heterocycles. The van der Waals surface area contributed by atoms with Crippen LogP contribution in [0.3, 0.4) is 0 Å². The van der Waals surface area contributed by atoms with Gasteiger partial charge < -0.3 is 9.55 Å². The van der Waals surface area contributed by atoms with Crippen LogP contribution in [0.5, 0.6) is 0 Å². The third-order valence-corrected chi connectivity index (χ3v) is 2.83. The second-order valence-electron chi connectivity index (χ2n) is 4.16. The average molecular weight is 221 g/mol. The highest BCUT2D eigenvalue weighted by atomic mass is 32.1. The molecule has 0 saturated carbocycles. The van der Waals surface area contributed by atoms with Crippen molar-refractivity contribution in [2.24, 2.45) is 5.92 Å². The quantitative estimate of drug-likeness (QED) is 0.808. The zero-order valence-corrected chi connectivity index (χ0v) is 9.84. The highest BCUT2D eigenvalue weighted by Gasteiger charge is 2.04. The lowest BCUT2D eigenvalue weighted by Crippen LogP contribution is -2.01. The maximum absolute atomic E-state index is 5.28. The van der Waals surface area contributed by atoms with Gasteiger partial charge in [0, 0.05) is 12.7 Å². The summed E-state index contributed by atoms with van der Waals surface area (Å²) in [6.07, 6.45) is 4.76. The fraction of sp³-hybridized carbons (Fsp3) is 0.455. The Morgan fingerprint density at radius 1 is 1.53 bits per heavy atom. The van der Waals surface area contributed by atoms with Gasteiger partial charge in [0.2, 0.25) is 0 Å². The van der Waals surface area contributed by atoms with Crippen LogP contribution in [0.1, 0.15) is 20.3 Å². The summed E-state index contributed by atoms with van der Waals surface area (Å²) in [6.45, 7) is 5.42. The molecule has 2 rings (SSSR count). The molecule has 0 aromatic carbocycles. The first-order valence-electron chi connectivity index (χ1n) is 5.21. The van der Waals surface area contributed by atoms with Crippen LogP contribution in [0, 0.1) is 10.7 Å². The van der Waals surface area contributed by atoms with Crippen molar-refractivity contribution in [1.82, 2.24) is 14.5 Å². The minimum atomic E-state index is 0.693. The molecule has 0 atom stereocenters. The standard InChI is InChI=1S/C11H15N3S/c1-8(2)4-6-14-10-3-5-12-7-9(10)13-11(14)15/h3,5,7-8H,4,6H2,1-2H3,(H,13,15). The first-order valence-corrected chi connectivity index (χ1v) is 5.62. The Morgan fingerprint density at radius 2 is 2.33 bits per heavy atom. The topological polar surface area (TPSA) is 33.6 Å². The second kappa shape index (κ2) is 4.14. The van der Waals surface area contributed by atoms with Gasteiger partial charge in [-0.25, -0.2) is 0 Å². The molecule has 2 aromatic heterocycles. The van der Waals surface area contributed by atoms with E-state index in [-0.39, 0.29) is 0 Å². The van der Waals surface area contributed by atoms with Crippen molar-refractivity contribution in [3.63, 3.8) is 0 Å². The lowest BCUT2D eigenvalue weighted by Gasteiger charge is -2.06. The fourth-order valence-corrected chi connectivity index (χ4v) is 1.92. The van der Waals surface area contributed by atoms with Crippen LogP contribution in [0.2, 0.25) is 0 Å². The first kappa shape index (κ1) is 10.4. The number of rotatable bonds is 3. The van der Waals surface area contributed by atoms with Crippen molar-refractivity contribution in [2.45, 2.75) is 26.8 Å². The highest BCUT2D eigenvalue weighted by molar-refractivity contribution is 7.71. The third kappa shape index (κ3) is 2.09. The molecule has 4 heteroatoms. The molecule has 0 radical (unpaired) electrons. The molecule has 0 amide bonds. The number of imidazole rings is 1. The Kier molecular flexibility index (Phi) is 2.86. The van der Waals surface area contributed by atoms with E-state index in [2.05, 4.69) is 28.4 Å². The zero-order chi connectivity index (χ0) is 10.8. The number of hydrogen-bond donors (Lipinski definition) is 1. The van der Waals surface area contributed by atoms with E-state index < -0.39 is 0 Å². The molecular formula is C11H15N3S. The minimum Gasteiger partial charge on any atom is -0.329 e. The molecule has 2 aromatic rings. The van der Waals surface area contributed by atoms with Gasteiger partial charge in [0.1, 0.15) is 0 Å². The number of aryl methyl sites for hydroxylation is 1. The molecule has 2 heterocycles. The Balaban J connectivity index is 2.41. The monoisotopic (exact) mass is 221 g/mol. The van der Waals surface area contributed by atoms with Crippen molar-refractivity contribution < 1.29 is 0 Å². The molecule has 0 fully saturated rings. The summed E-state index contributed by atoms with van der Waals surface area (Å²) >= 11 is 5.28. The summed E-state index contributed by atoms with van der Waals surface area (Å²) < 4.78 is 2.94. The third-order valence-electron chi connectivity index (χ3n) is 2.51. The van der Waals surface area contributed by atoms with E-state index >= 15 is 0 Å². The number of hydrogen-bond acceptors (Lipinski definition) is 2. The van der Waals surface area contributed by atoms with E-state index in [1.54, 1.807) is 6.20 Å². The number of nitrogens with zero attached hydrogens (tertiary/aromatic N) is 2. The number of aromatic amines is 1. The average Bonchev–Trinajstić information content (AvgIpc) is 2.50. The molecule has 0 unspecified atom stereocenters. The van der Waals surface area contributed by atoms with Gasteiger partial charge in [0.25, 0.3) is 0 Å². The molecule has 0 aliphatic rings. The second-order valence-corrected chi connectivity index (χ2v) is 4.54. The van der Waals surface area contributed by atoms with E-state index in [1.807, 2.05) is 12.3 Å². The maximum atomic E-state index is 5.28. The maximum Gasteiger partial charge on any atom is 0.178 e. The van der Waals surface area contributed by atoms with E-state index in [0.717, 1.165) is 28.8 Å². The van der Waals surface area contributed by atoms with Crippen molar-refractivity contribution in [3.05, 3.63) is 23.2 Å². The van der Waals surface area contributed by atoms with E-state index in [4.69, 9.17) is 12.2 Å². The largest absolute Gasteiger partial charge is 0.329 e. The molecule has 1 N–H and O–H groups in total. The van der Waals surface area contributed by atoms with E-state index in [0.29, 0.717) is 5.92 Å². The van der Waals surface area contributed by atoms with Gasteiger partial charge in [-0.15, -0.1) is 0 Å². The Bertz CT molecular complexity index is 510. The number of aromatic nitrogens is 3. The van der Waals surface area contributed by atoms with Crippen molar-refractivity contribution in [2.75, 3.05) is 0 Å². The summed E-state index contributed by atoms with van der Waals surface area (Å²) in [4.78, 5) is 7.24. The van der Waals surface area contributed by atoms with Gasteiger partial charge in [0.15, 0.2) is 4.77 Å². The van der Waals surface area contributed by atoms with E-state index in [9.17, 15) is 0 Å². The zero-order valence-electron chi connectivity index (χ0n) is 9.03. The van der Waals surface area contributed by atoms with Crippen molar-refractivity contribution >= 4 is 23.3 Å². The lowest BCUT2D eigenvalue weighted by atomic mass is 10.1. The molecule has 15 heavy (non-hydrogen) atoms. The van der Waals surface area contributed by atoms with Crippen LogP contribution in [-0.2, 0) is 6.54 Å². The predicted octanol–water partition coefficient (Wildman–Crippen LogP) is 3.14. The first-order chi connectivity index (χ1) is 7.18. The van der Waals surface area contributed by atoms with Gasteiger partial charge in [-0.2, -0.15) is 0 Å². The fourth-order valence-electron chi connectivity index (χ4n) is 1.62. The van der Waals surface area contributed by atoms with Gasteiger partial charge in [0.05, 0.1) is 17.2 Å². The molecule has 80 valence electrons. The minimum absolute atomic E-state index is 0.693. The van der Waals surface area contributed by atoms with Crippen molar-refractivity contribution in [3.8, 4) is 0 Å². The van der Waals surface area contributed by atoms with E-state index in [1.165, 1.54) is 0 Å². The molecule has 3 nitrogen and oxygen atoms in total.